The molecule has 6 heteroatoms. The van der Waals surface area contributed by atoms with E-state index in [0.717, 1.165) is 6.07 Å². The molecule has 0 unspecified atom stereocenters. The second kappa shape index (κ2) is 7.74. The lowest BCUT2D eigenvalue weighted by atomic mass is 10.1. The quantitative estimate of drug-likeness (QED) is 0.809. The van der Waals surface area contributed by atoms with Gasteiger partial charge in [0.2, 0.25) is 5.91 Å². The maximum Gasteiger partial charge on any atom is 0.224 e. The second-order valence-electron chi connectivity index (χ2n) is 4.77. The average Bonchev–Trinajstić information content (AvgIpc) is 2.54. The number of ether oxygens (including phenoxy) is 1. The predicted molar refractivity (Wildman–Crippen MR) is 86.6 cm³/mol. The molecule has 0 spiro atoms. The molecular weight excluding hydrogens is 321 g/mol. The van der Waals surface area contributed by atoms with E-state index >= 15 is 0 Å². The first kappa shape index (κ1) is 17.0. The summed E-state index contributed by atoms with van der Waals surface area (Å²) in [6, 6.07) is 10.2. The molecule has 23 heavy (non-hydrogen) atoms. The molecule has 0 saturated carbocycles. The first-order valence-corrected chi connectivity index (χ1v) is 7.38. The Kier molecular flexibility index (Phi) is 5.71. The topological polar surface area (TPSA) is 55.4 Å². The Hall–Kier alpha value is -2.40. The van der Waals surface area contributed by atoms with E-state index in [-0.39, 0.29) is 29.1 Å². The van der Waals surface area contributed by atoms with Crippen molar-refractivity contribution < 1.29 is 18.7 Å². The highest BCUT2D eigenvalue weighted by Crippen LogP contribution is 2.25. The van der Waals surface area contributed by atoms with E-state index in [1.807, 2.05) is 0 Å². The Morgan fingerprint density at radius 2 is 1.87 bits per heavy atom. The zero-order chi connectivity index (χ0) is 16.8. The molecule has 1 N–H and O–H groups in total. The maximum atomic E-state index is 12.9. The number of halogens is 2. The molecule has 0 aliphatic rings. The summed E-state index contributed by atoms with van der Waals surface area (Å²) in [6.45, 7) is 1.54. The molecule has 0 radical (unpaired) electrons. The maximum absolute atomic E-state index is 12.9. The Balaban J connectivity index is 1.96. The highest BCUT2D eigenvalue weighted by Gasteiger charge is 2.10. The number of anilines is 1. The van der Waals surface area contributed by atoms with Crippen molar-refractivity contribution in [1.82, 2.24) is 0 Å². The lowest BCUT2D eigenvalue weighted by Gasteiger charge is -2.08. The second-order valence-corrected chi connectivity index (χ2v) is 5.17. The van der Waals surface area contributed by atoms with Gasteiger partial charge < -0.3 is 10.1 Å². The number of nitrogens with one attached hydrogen (secondary N) is 1. The number of ketones is 1. The molecule has 0 saturated heterocycles. The van der Waals surface area contributed by atoms with Crippen LogP contribution in [0.3, 0.4) is 0 Å². The number of carbonyl (C=O) groups is 2. The molecular formula is C17H15ClFNO3. The van der Waals surface area contributed by atoms with Crippen LogP contribution in [0.1, 0.15) is 23.7 Å². The molecule has 1 amide bonds. The van der Waals surface area contributed by atoms with E-state index in [9.17, 15) is 14.0 Å². The van der Waals surface area contributed by atoms with E-state index in [1.165, 1.54) is 12.1 Å². The van der Waals surface area contributed by atoms with Gasteiger partial charge in [0.25, 0.3) is 0 Å². The van der Waals surface area contributed by atoms with Gasteiger partial charge in [0.05, 0.1) is 5.02 Å². The molecule has 4 nitrogen and oxygen atoms in total. The lowest BCUT2D eigenvalue weighted by Crippen LogP contribution is -2.12. The molecule has 0 atom stereocenters. The summed E-state index contributed by atoms with van der Waals surface area (Å²) in [5, 5.41) is 2.80. The van der Waals surface area contributed by atoms with Gasteiger partial charge in [0.1, 0.15) is 11.6 Å². The fourth-order valence-corrected chi connectivity index (χ4v) is 2.03. The summed E-state index contributed by atoms with van der Waals surface area (Å²) in [5.74, 6) is -0.580. The van der Waals surface area contributed by atoms with E-state index in [0.29, 0.717) is 17.7 Å². The van der Waals surface area contributed by atoms with Crippen molar-refractivity contribution in [3.63, 3.8) is 0 Å². The van der Waals surface area contributed by atoms with Gasteiger partial charge in [0.15, 0.2) is 12.4 Å². The van der Waals surface area contributed by atoms with Crippen molar-refractivity contribution in [1.29, 1.82) is 0 Å². The molecule has 0 heterocycles. The number of carbonyl (C=O) groups excluding carboxylic acids is 2. The van der Waals surface area contributed by atoms with Crippen LogP contribution < -0.4 is 10.1 Å². The molecule has 0 aliphatic carbocycles. The molecule has 0 aliphatic heterocycles. The van der Waals surface area contributed by atoms with Gasteiger partial charge in [-0.15, -0.1) is 0 Å². The molecule has 2 aromatic rings. The Labute approximate surface area is 138 Å². The molecule has 0 aromatic heterocycles. The lowest BCUT2D eigenvalue weighted by molar-refractivity contribution is -0.115. The van der Waals surface area contributed by atoms with E-state index < -0.39 is 5.82 Å². The van der Waals surface area contributed by atoms with Crippen LogP contribution >= 0.6 is 11.6 Å². The SMILES string of the molecule is CCC(=O)Nc1ccc(C(=O)COc2ccc(F)cc2Cl)cc1. The first-order valence-electron chi connectivity index (χ1n) is 7.00. The smallest absolute Gasteiger partial charge is 0.224 e. The van der Waals surface area contributed by atoms with Crippen LogP contribution in [-0.4, -0.2) is 18.3 Å². The third-order valence-electron chi connectivity index (χ3n) is 3.06. The van der Waals surface area contributed by atoms with Crippen LogP contribution in [0.2, 0.25) is 5.02 Å². The van der Waals surface area contributed by atoms with Gasteiger partial charge in [-0.3, -0.25) is 9.59 Å². The van der Waals surface area contributed by atoms with Crippen LogP contribution in [0.4, 0.5) is 10.1 Å². The van der Waals surface area contributed by atoms with E-state index in [2.05, 4.69) is 5.32 Å². The van der Waals surface area contributed by atoms with Crippen molar-refractivity contribution in [2.45, 2.75) is 13.3 Å². The Morgan fingerprint density at radius 3 is 2.48 bits per heavy atom. The van der Waals surface area contributed by atoms with Gasteiger partial charge >= 0.3 is 0 Å². The molecule has 0 bridgehead atoms. The van der Waals surface area contributed by atoms with Crippen molar-refractivity contribution >= 4 is 29.0 Å². The first-order chi connectivity index (χ1) is 11.0. The third kappa shape index (κ3) is 4.79. The number of benzene rings is 2. The summed E-state index contributed by atoms with van der Waals surface area (Å²) in [4.78, 5) is 23.3. The van der Waals surface area contributed by atoms with Crippen LogP contribution in [0, 0.1) is 5.82 Å². The molecule has 0 fully saturated rings. The fraction of sp³-hybridized carbons (Fsp3) is 0.176. The van der Waals surface area contributed by atoms with Gasteiger partial charge in [-0.05, 0) is 42.5 Å². The van der Waals surface area contributed by atoms with Crippen molar-refractivity contribution in [3.8, 4) is 5.75 Å². The van der Waals surface area contributed by atoms with Gasteiger partial charge in [-0.1, -0.05) is 18.5 Å². The van der Waals surface area contributed by atoms with Gasteiger partial charge in [-0.2, -0.15) is 0 Å². The van der Waals surface area contributed by atoms with Crippen LogP contribution in [0.5, 0.6) is 5.75 Å². The summed E-state index contributed by atoms with van der Waals surface area (Å²) < 4.78 is 18.2. The minimum absolute atomic E-state index is 0.0987. The highest BCUT2D eigenvalue weighted by atomic mass is 35.5. The normalized spacial score (nSPS) is 10.2. The van der Waals surface area contributed by atoms with Crippen LogP contribution in [-0.2, 0) is 4.79 Å². The predicted octanol–water partition coefficient (Wildman–Crippen LogP) is 4.09. The van der Waals surface area contributed by atoms with Crippen LogP contribution in [0.25, 0.3) is 0 Å². The van der Waals surface area contributed by atoms with Gasteiger partial charge in [0, 0.05) is 17.7 Å². The number of amides is 1. The highest BCUT2D eigenvalue weighted by molar-refractivity contribution is 6.32. The Bertz CT molecular complexity index is 716. The summed E-state index contributed by atoms with van der Waals surface area (Å²) in [7, 11) is 0. The summed E-state index contributed by atoms with van der Waals surface area (Å²) >= 11 is 5.83. The minimum Gasteiger partial charge on any atom is -0.484 e. The van der Waals surface area contributed by atoms with Crippen molar-refractivity contribution in [3.05, 3.63) is 58.9 Å². The van der Waals surface area contributed by atoms with Crippen LogP contribution in [0.15, 0.2) is 42.5 Å². The zero-order valence-electron chi connectivity index (χ0n) is 12.4. The van der Waals surface area contributed by atoms with Gasteiger partial charge in [-0.25, -0.2) is 4.39 Å². The standard InChI is InChI=1S/C17H15ClFNO3/c1-2-17(22)20-13-6-3-11(4-7-13)15(21)10-23-16-8-5-12(19)9-14(16)18/h3-9H,2,10H2,1H3,(H,20,22). The zero-order valence-corrected chi connectivity index (χ0v) is 13.2. The monoisotopic (exact) mass is 335 g/mol. The van der Waals surface area contributed by atoms with E-state index in [4.69, 9.17) is 16.3 Å². The third-order valence-corrected chi connectivity index (χ3v) is 3.36. The molecule has 2 rings (SSSR count). The number of hydrogen-bond donors (Lipinski definition) is 1. The summed E-state index contributed by atoms with van der Waals surface area (Å²) in [5.41, 5.74) is 1.06. The number of Topliss-reactive ketones (excluding diaryl/α,β-unsaturated/α-hetero) is 1. The van der Waals surface area contributed by atoms with E-state index in [1.54, 1.807) is 31.2 Å². The Morgan fingerprint density at radius 1 is 1.17 bits per heavy atom. The average molecular weight is 336 g/mol. The molecule has 2 aromatic carbocycles. The summed E-state index contributed by atoms with van der Waals surface area (Å²) in [6.07, 6.45) is 0.382. The fourth-order valence-electron chi connectivity index (χ4n) is 1.81. The molecule has 120 valence electrons. The van der Waals surface area contributed by atoms with Crippen molar-refractivity contribution in [2.75, 3.05) is 11.9 Å². The number of rotatable bonds is 6. The van der Waals surface area contributed by atoms with Crippen molar-refractivity contribution in [2.24, 2.45) is 0 Å². The minimum atomic E-state index is -0.474. The number of hydrogen-bond acceptors (Lipinski definition) is 3. The largest absolute Gasteiger partial charge is 0.484 e.